The molecule has 0 atom stereocenters. The second kappa shape index (κ2) is 17.8. The van der Waals surface area contributed by atoms with Crippen molar-refractivity contribution in [2.45, 2.75) is 129 Å². The van der Waals surface area contributed by atoms with E-state index in [9.17, 15) is 8.78 Å². The van der Waals surface area contributed by atoms with E-state index in [1.54, 1.807) is 12.1 Å². The Morgan fingerprint density at radius 2 is 1.38 bits per heavy atom. The zero-order chi connectivity index (χ0) is 29.6. The Hall–Kier alpha value is -2.16. The first-order valence-electron chi connectivity index (χ1n) is 17.5. The van der Waals surface area contributed by atoms with Gasteiger partial charge < -0.3 is 4.74 Å². The summed E-state index contributed by atoms with van der Waals surface area (Å²) in [4.78, 5) is 0. The molecule has 2 fully saturated rings. The summed E-state index contributed by atoms with van der Waals surface area (Å²) in [6.07, 6.45) is 28.2. The summed E-state index contributed by atoms with van der Waals surface area (Å²) in [6.45, 7) is 4.87. The Bertz CT molecular complexity index is 1060. The number of ether oxygens (including phenoxy) is 1. The van der Waals surface area contributed by atoms with Gasteiger partial charge in [-0.2, -0.15) is 4.39 Å². The Labute approximate surface area is 255 Å². The number of benzene rings is 2. The summed E-state index contributed by atoms with van der Waals surface area (Å²) in [7, 11) is 0. The minimum Gasteiger partial charge on any atom is -0.490 e. The van der Waals surface area contributed by atoms with E-state index in [2.05, 4.69) is 26.0 Å². The summed E-state index contributed by atoms with van der Waals surface area (Å²) in [5, 5.41) is 0. The SMILES string of the molecule is CCCCCCOc1ccc(-c2ccc(CC/C=C/C3CCC(C4CCC(CCCCC)CC4)CC3)cc2)c(F)c1F. The molecule has 0 amide bonds. The highest BCUT2D eigenvalue weighted by Crippen LogP contribution is 2.42. The fourth-order valence-electron chi connectivity index (χ4n) is 7.41. The maximum atomic E-state index is 14.8. The predicted molar refractivity (Wildman–Crippen MR) is 174 cm³/mol. The van der Waals surface area contributed by atoms with Crippen LogP contribution in [-0.2, 0) is 6.42 Å². The standard InChI is InChI=1S/C39H56F2O/c1-3-5-7-11-29-42-37-28-27-36(38(40)39(37)41)35-25-19-32(20-26-35)14-10-9-13-31-17-23-34(24-18-31)33-21-15-30(16-22-33)12-8-6-4-2/h9,13,19-20,25-28,30-31,33-34H,3-8,10-12,14-18,21-24,29H2,1-2H3/b13-9+. The van der Waals surface area contributed by atoms with Crippen LogP contribution in [0.25, 0.3) is 11.1 Å². The van der Waals surface area contributed by atoms with E-state index in [-0.39, 0.29) is 11.3 Å². The molecule has 0 radical (unpaired) electrons. The number of rotatable bonds is 16. The van der Waals surface area contributed by atoms with Crippen molar-refractivity contribution in [3.05, 3.63) is 65.7 Å². The lowest BCUT2D eigenvalue weighted by Crippen LogP contribution is -2.25. The van der Waals surface area contributed by atoms with Gasteiger partial charge in [0.25, 0.3) is 0 Å². The summed E-state index contributed by atoms with van der Waals surface area (Å²) in [6, 6.07) is 11.1. The second-order valence-electron chi connectivity index (χ2n) is 13.3. The van der Waals surface area contributed by atoms with Crippen LogP contribution < -0.4 is 4.74 Å². The van der Waals surface area contributed by atoms with Crippen LogP contribution in [0.15, 0.2) is 48.6 Å². The van der Waals surface area contributed by atoms with Crippen LogP contribution in [0.4, 0.5) is 8.78 Å². The van der Waals surface area contributed by atoms with Crippen LogP contribution in [0.3, 0.4) is 0 Å². The van der Waals surface area contributed by atoms with Gasteiger partial charge in [0, 0.05) is 5.56 Å². The lowest BCUT2D eigenvalue weighted by atomic mass is 9.68. The molecule has 2 saturated carbocycles. The van der Waals surface area contributed by atoms with Gasteiger partial charge in [0.05, 0.1) is 6.61 Å². The van der Waals surface area contributed by atoms with Crippen molar-refractivity contribution in [2.75, 3.05) is 6.61 Å². The first-order valence-corrected chi connectivity index (χ1v) is 17.5. The van der Waals surface area contributed by atoms with Crippen molar-refractivity contribution in [1.82, 2.24) is 0 Å². The van der Waals surface area contributed by atoms with Gasteiger partial charge in [-0.3, -0.25) is 0 Å². The molecule has 0 N–H and O–H groups in total. The molecule has 0 bridgehead atoms. The van der Waals surface area contributed by atoms with E-state index < -0.39 is 11.6 Å². The molecule has 4 rings (SSSR count). The average Bonchev–Trinajstić information content (AvgIpc) is 3.02. The van der Waals surface area contributed by atoms with E-state index in [1.165, 1.54) is 82.6 Å². The molecule has 1 nitrogen and oxygen atoms in total. The zero-order valence-electron chi connectivity index (χ0n) is 26.5. The van der Waals surface area contributed by atoms with Gasteiger partial charge in [-0.15, -0.1) is 0 Å². The molecule has 2 aliphatic rings. The van der Waals surface area contributed by atoms with Crippen molar-refractivity contribution in [3.63, 3.8) is 0 Å². The molecule has 0 spiro atoms. The van der Waals surface area contributed by atoms with Crippen LogP contribution in [0, 0.1) is 35.3 Å². The highest BCUT2D eigenvalue weighted by atomic mass is 19.2. The third kappa shape index (κ3) is 9.95. The minimum absolute atomic E-state index is 0.00457. The third-order valence-electron chi connectivity index (χ3n) is 10.2. The molecule has 3 heteroatoms. The molecule has 2 aromatic carbocycles. The van der Waals surface area contributed by atoms with E-state index in [4.69, 9.17) is 4.74 Å². The summed E-state index contributed by atoms with van der Waals surface area (Å²) in [5.74, 6) is 2.01. The van der Waals surface area contributed by atoms with Crippen LogP contribution in [-0.4, -0.2) is 6.61 Å². The molecule has 0 saturated heterocycles. The Kier molecular flexibility index (Phi) is 13.9. The van der Waals surface area contributed by atoms with Crippen molar-refractivity contribution in [3.8, 4) is 16.9 Å². The lowest BCUT2D eigenvalue weighted by molar-refractivity contribution is 0.151. The van der Waals surface area contributed by atoms with Crippen LogP contribution in [0.1, 0.15) is 129 Å². The fraction of sp³-hybridized carbons (Fsp3) is 0.641. The van der Waals surface area contributed by atoms with Crippen LogP contribution >= 0.6 is 0 Å². The molecular formula is C39H56F2O. The van der Waals surface area contributed by atoms with Gasteiger partial charge in [-0.25, -0.2) is 4.39 Å². The number of aryl methyl sites for hydroxylation is 1. The molecule has 2 aromatic rings. The van der Waals surface area contributed by atoms with E-state index in [0.29, 0.717) is 12.2 Å². The van der Waals surface area contributed by atoms with E-state index in [1.807, 2.05) is 24.3 Å². The molecule has 0 unspecified atom stereocenters. The van der Waals surface area contributed by atoms with E-state index in [0.717, 1.165) is 62.2 Å². The van der Waals surface area contributed by atoms with Crippen molar-refractivity contribution in [1.29, 1.82) is 0 Å². The van der Waals surface area contributed by atoms with Gasteiger partial charge in [0.15, 0.2) is 11.6 Å². The monoisotopic (exact) mass is 578 g/mol. The third-order valence-corrected chi connectivity index (χ3v) is 10.2. The van der Waals surface area contributed by atoms with Crippen LogP contribution in [0.2, 0.25) is 0 Å². The number of hydrogen-bond acceptors (Lipinski definition) is 1. The van der Waals surface area contributed by atoms with E-state index >= 15 is 0 Å². The quantitative estimate of drug-likeness (QED) is 0.142. The zero-order valence-corrected chi connectivity index (χ0v) is 26.5. The largest absolute Gasteiger partial charge is 0.490 e. The number of hydrogen-bond donors (Lipinski definition) is 0. The second-order valence-corrected chi connectivity index (χ2v) is 13.3. The smallest absolute Gasteiger partial charge is 0.201 e. The topological polar surface area (TPSA) is 9.23 Å². The summed E-state index contributed by atoms with van der Waals surface area (Å²) < 4.78 is 35.0. The Morgan fingerprint density at radius 3 is 2.07 bits per heavy atom. The summed E-state index contributed by atoms with van der Waals surface area (Å²) in [5.41, 5.74) is 2.21. The fourth-order valence-corrected chi connectivity index (χ4v) is 7.41. The first-order chi connectivity index (χ1) is 20.6. The Balaban J connectivity index is 1.15. The maximum absolute atomic E-state index is 14.8. The van der Waals surface area contributed by atoms with Gasteiger partial charge >= 0.3 is 0 Å². The first kappa shape index (κ1) is 32.7. The lowest BCUT2D eigenvalue weighted by Gasteiger charge is -2.37. The molecule has 2 aliphatic carbocycles. The Morgan fingerprint density at radius 1 is 0.714 bits per heavy atom. The molecule has 232 valence electrons. The molecule has 0 aliphatic heterocycles. The van der Waals surface area contributed by atoms with Crippen LogP contribution in [0.5, 0.6) is 5.75 Å². The molecular weight excluding hydrogens is 522 g/mol. The molecule has 0 aromatic heterocycles. The number of allylic oxidation sites excluding steroid dienone is 2. The maximum Gasteiger partial charge on any atom is 0.201 e. The summed E-state index contributed by atoms with van der Waals surface area (Å²) >= 11 is 0. The predicted octanol–water partition coefficient (Wildman–Crippen LogP) is 12.3. The highest BCUT2D eigenvalue weighted by Gasteiger charge is 2.30. The molecule has 0 heterocycles. The normalized spacial score (nSPS) is 23.0. The van der Waals surface area contributed by atoms with Crippen molar-refractivity contribution >= 4 is 0 Å². The number of halogens is 2. The van der Waals surface area contributed by atoms with Gasteiger partial charge in [-0.05, 0) is 105 Å². The number of unbranched alkanes of at least 4 members (excludes halogenated alkanes) is 5. The minimum atomic E-state index is -0.892. The van der Waals surface area contributed by atoms with Gasteiger partial charge in [0.1, 0.15) is 0 Å². The van der Waals surface area contributed by atoms with Crippen molar-refractivity contribution in [2.24, 2.45) is 23.7 Å². The highest BCUT2D eigenvalue weighted by molar-refractivity contribution is 5.65. The average molecular weight is 579 g/mol. The molecule has 42 heavy (non-hydrogen) atoms. The van der Waals surface area contributed by atoms with Crippen molar-refractivity contribution < 1.29 is 13.5 Å². The van der Waals surface area contributed by atoms with Gasteiger partial charge in [0.2, 0.25) is 5.82 Å². The van der Waals surface area contributed by atoms with Gasteiger partial charge in [-0.1, -0.05) is 108 Å².